The van der Waals surface area contributed by atoms with Crippen LogP contribution in [0.15, 0.2) is 0 Å². The molecule has 17 heavy (non-hydrogen) atoms. The van der Waals surface area contributed by atoms with Crippen molar-refractivity contribution in [1.29, 1.82) is 0 Å². The average Bonchev–Trinajstić information content (AvgIpc) is 2.72. The van der Waals surface area contributed by atoms with Crippen LogP contribution in [0, 0.1) is 5.92 Å². The fourth-order valence-electron chi connectivity index (χ4n) is 2.48. The number of aliphatic hydroxyl groups is 1. The smallest absolute Gasteiger partial charge is 0.171 e. The van der Waals surface area contributed by atoms with Gasteiger partial charge in [-0.1, -0.05) is 13.8 Å². The van der Waals surface area contributed by atoms with Crippen molar-refractivity contribution in [2.24, 2.45) is 5.92 Å². The van der Waals surface area contributed by atoms with Crippen LogP contribution >= 0.6 is 0 Å². The van der Waals surface area contributed by atoms with Gasteiger partial charge in [0.25, 0.3) is 0 Å². The first-order valence-corrected chi connectivity index (χ1v) is 6.69. The van der Waals surface area contributed by atoms with Gasteiger partial charge < -0.3 is 19.3 Å². The van der Waals surface area contributed by atoms with Gasteiger partial charge in [0.1, 0.15) is 0 Å². The second kappa shape index (κ2) is 5.65. The van der Waals surface area contributed by atoms with Crippen LogP contribution in [0.25, 0.3) is 0 Å². The summed E-state index contributed by atoms with van der Waals surface area (Å²) in [4.78, 5) is 0. The maximum atomic E-state index is 9.94. The molecule has 0 aromatic rings. The van der Waals surface area contributed by atoms with E-state index < -0.39 is 5.79 Å². The van der Waals surface area contributed by atoms with Crippen LogP contribution in [0.2, 0.25) is 0 Å². The first-order chi connectivity index (χ1) is 8.11. The quantitative estimate of drug-likeness (QED) is 0.818. The highest BCUT2D eigenvalue weighted by atomic mass is 16.7. The first-order valence-electron chi connectivity index (χ1n) is 6.69. The Morgan fingerprint density at radius 2 is 2.06 bits per heavy atom. The molecule has 0 aromatic carbocycles. The Kier molecular flexibility index (Phi) is 4.42. The Bertz CT molecular complexity index is 236. The van der Waals surface area contributed by atoms with Crippen LogP contribution in [0.5, 0.6) is 0 Å². The molecule has 1 saturated heterocycles. The Morgan fingerprint density at radius 3 is 2.71 bits per heavy atom. The minimum Gasteiger partial charge on any atom is -0.390 e. The van der Waals surface area contributed by atoms with Crippen molar-refractivity contribution in [3.05, 3.63) is 0 Å². The van der Waals surface area contributed by atoms with Crippen LogP contribution < -0.4 is 0 Å². The fraction of sp³-hybridized carbons (Fsp3) is 1.00. The first kappa shape index (κ1) is 13.3. The monoisotopic (exact) mass is 244 g/mol. The zero-order chi connectivity index (χ0) is 12.3. The summed E-state index contributed by atoms with van der Waals surface area (Å²) in [6, 6.07) is 0. The van der Waals surface area contributed by atoms with Crippen molar-refractivity contribution in [1.82, 2.24) is 0 Å². The lowest BCUT2D eigenvalue weighted by atomic mass is 9.89. The number of hydrogen-bond acceptors (Lipinski definition) is 4. The number of hydrogen-bond donors (Lipinski definition) is 1. The van der Waals surface area contributed by atoms with E-state index in [4.69, 9.17) is 14.2 Å². The van der Waals surface area contributed by atoms with Crippen molar-refractivity contribution in [2.45, 2.75) is 57.5 Å². The molecule has 100 valence electrons. The van der Waals surface area contributed by atoms with E-state index in [2.05, 4.69) is 13.8 Å². The van der Waals surface area contributed by atoms with E-state index in [1.54, 1.807) is 0 Å². The number of ether oxygens (including phenoxy) is 3. The van der Waals surface area contributed by atoms with E-state index in [0.29, 0.717) is 38.6 Å². The molecule has 4 heteroatoms. The van der Waals surface area contributed by atoms with Crippen molar-refractivity contribution >= 4 is 0 Å². The molecule has 4 nitrogen and oxygen atoms in total. The van der Waals surface area contributed by atoms with Crippen molar-refractivity contribution < 1.29 is 19.3 Å². The van der Waals surface area contributed by atoms with Gasteiger partial charge in [0, 0.05) is 19.4 Å². The van der Waals surface area contributed by atoms with E-state index in [9.17, 15) is 5.11 Å². The summed E-state index contributed by atoms with van der Waals surface area (Å²) in [5.74, 6) is 0.158. The van der Waals surface area contributed by atoms with Crippen molar-refractivity contribution in [3.8, 4) is 0 Å². The molecule has 2 atom stereocenters. The molecular weight excluding hydrogens is 220 g/mol. The summed E-state index contributed by atoms with van der Waals surface area (Å²) in [7, 11) is 0. The minimum absolute atomic E-state index is 0.138. The standard InChI is InChI=1S/C13H24O4/c1-10(2)4-6-15-12-9-13(5-3-11(12)14)16-7-8-17-13/h10-12,14H,3-9H2,1-2H3. The molecule has 0 aromatic heterocycles. The maximum absolute atomic E-state index is 9.94. The third-order valence-electron chi connectivity index (χ3n) is 3.60. The third kappa shape index (κ3) is 3.41. The minimum atomic E-state index is -0.471. The van der Waals surface area contributed by atoms with Gasteiger partial charge in [-0.2, -0.15) is 0 Å². The van der Waals surface area contributed by atoms with E-state index in [-0.39, 0.29) is 12.2 Å². The van der Waals surface area contributed by atoms with Gasteiger partial charge in [0.05, 0.1) is 25.4 Å². The molecule has 0 radical (unpaired) electrons. The maximum Gasteiger partial charge on any atom is 0.171 e. The van der Waals surface area contributed by atoms with Crippen LogP contribution in [-0.2, 0) is 14.2 Å². The molecule has 2 aliphatic rings. The molecule has 1 N–H and O–H groups in total. The fourth-order valence-corrected chi connectivity index (χ4v) is 2.48. The second-order valence-electron chi connectivity index (χ2n) is 5.51. The Balaban J connectivity index is 1.82. The molecule has 0 bridgehead atoms. The molecule has 1 heterocycles. The lowest BCUT2D eigenvalue weighted by Crippen LogP contribution is -2.46. The van der Waals surface area contributed by atoms with E-state index in [1.807, 2.05) is 0 Å². The highest BCUT2D eigenvalue weighted by Gasteiger charge is 2.45. The lowest BCUT2D eigenvalue weighted by molar-refractivity contribution is -0.221. The van der Waals surface area contributed by atoms with Gasteiger partial charge in [-0.25, -0.2) is 0 Å². The molecule has 0 amide bonds. The van der Waals surface area contributed by atoms with E-state index in [1.165, 1.54) is 0 Å². The zero-order valence-corrected chi connectivity index (χ0v) is 10.9. The highest BCUT2D eigenvalue weighted by Crippen LogP contribution is 2.37. The SMILES string of the molecule is CC(C)CCOC1CC2(CCC1O)OCCO2. The Labute approximate surface area is 103 Å². The zero-order valence-electron chi connectivity index (χ0n) is 10.9. The third-order valence-corrected chi connectivity index (χ3v) is 3.60. The second-order valence-corrected chi connectivity index (χ2v) is 5.51. The molecule has 1 spiro atoms. The van der Waals surface area contributed by atoms with E-state index in [0.717, 1.165) is 12.8 Å². The van der Waals surface area contributed by atoms with Crippen LogP contribution in [0.4, 0.5) is 0 Å². The van der Waals surface area contributed by atoms with Gasteiger partial charge in [-0.05, 0) is 18.8 Å². The number of aliphatic hydroxyl groups excluding tert-OH is 1. The highest BCUT2D eigenvalue weighted by molar-refractivity contribution is 4.88. The lowest BCUT2D eigenvalue weighted by Gasteiger charge is -2.38. The normalized spacial score (nSPS) is 32.5. The summed E-state index contributed by atoms with van der Waals surface area (Å²) in [5, 5.41) is 9.94. The predicted molar refractivity (Wildman–Crippen MR) is 63.7 cm³/mol. The predicted octanol–water partition coefficient (Wildman–Crippen LogP) is 1.71. The summed E-state index contributed by atoms with van der Waals surface area (Å²) in [5.41, 5.74) is 0. The summed E-state index contributed by atoms with van der Waals surface area (Å²) >= 11 is 0. The molecule has 1 saturated carbocycles. The molecule has 2 unspecified atom stereocenters. The molecule has 1 aliphatic heterocycles. The molecule has 2 fully saturated rings. The molecular formula is C13H24O4. The molecule has 1 aliphatic carbocycles. The summed E-state index contributed by atoms with van der Waals surface area (Å²) in [6.07, 6.45) is 2.65. The summed E-state index contributed by atoms with van der Waals surface area (Å²) in [6.45, 7) is 6.37. The van der Waals surface area contributed by atoms with Crippen LogP contribution in [0.3, 0.4) is 0 Å². The van der Waals surface area contributed by atoms with Crippen LogP contribution in [-0.4, -0.2) is 42.9 Å². The Morgan fingerprint density at radius 1 is 1.35 bits per heavy atom. The number of rotatable bonds is 4. The van der Waals surface area contributed by atoms with Crippen LogP contribution in [0.1, 0.15) is 39.5 Å². The topological polar surface area (TPSA) is 47.9 Å². The van der Waals surface area contributed by atoms with Crippen molar-refractivity contribution in [3.63, 3.8) is 0 Å². The van der Waals surface area contributed by atoms with E-state index >= 15 is 0 Å². The van der Waals surface area contributed by atoms with Gasteiger partial charge in [-0.3, -0.25) is 0 Å². The average molecular weight is 244 g/mol. The van der Waals surface area contributed by atoms with Gasteiger partial charge >= 0.3 is 0 Å². The Hall–Kier alpha value is -0.160. The summed E-state index contributed by atoms with van der Waals surface area (Å²) < 4.78 is 17.1. The van der Waals surface area contributed by atoms with Gasteiger partial charge in [0.15, 0.2) is 5.79 Å². The molecule has 2 rings (SSSR count). The largest absolute Gasteiger partial charge is 0.390 e. The van der Waals surface area contributed by atoms with Gasteiger partial charge in [0.2, 0.25) is 0 Å². The van der Waals surface area contributed by atoms with Gasteiger partial charge in [-0.15, -0.1) is 0 Å². The van der Waals surface area contributed by atoms with Crippen molar-refractivity contribution in [2.75, 3.05) is 19.8 Å².